The van der Waals surface area contributed by atoms with Crippen LogP contribution in [-0.4, -0.2) is 48.4 Å². The fourth-order valence-corrected chi connectivity index (χ4v) is 3.45. The molecule has 0 radical (unpaired) electrons. The van der Waals surface area contributed by atoms with Gasteiger partial charge >= 0.3 is 11.9 Å². The minimum Gasteiger partial charge on any atom is -0.508 e. The van der Waals surface area contributed by atoms with E-state index >= 15 is 0 Å². The van der Waals surface area contributed by atoms with Crippen LogP contribution in [0.25, 0.3) is 6.08 Å². The summed E-state index contributed by atoms with van der Waals surface area (Å²) in [6.45, 7) is 0. The van der Waals surface area contributed by atoms with Gasteiger partial charge in [-0.2, -0.15) is 0 Å². The first kappa shape index (κ1) is 18.0. The number of carboxylic acids is 2. The van der Waals surface area contributed by atoms with Crippen LogP contribution in [0.5, 0.6) is 5.75 Å². The van der Waals surface area contributed by atoms with Crippen molar-refractivity contribution in [2.45, 2.75) is 18.9 Å². The Morgan fingerprint density at radius 2 is 1.88 bits per heavy atom. The van der Waals surface area contributed by atoms with Crippen LogP contribution in [0, 0.1) is 0 Å². The van der Waals surface area contributed by atoms with Crippen molar-refractivity contribution >= 4 is 52.2 Å². The van der Waals surface area contributed by atoms with E-state index in [-0.39, 0.29) is 27.8 Å². The van der Waals surface area contributed by atoms with Gasteiger partial charge in [-0.1, -0.05) is 36.1 Å². The smallest absolute Gasteiger partial charge is 0.326 e. The van der Waals surface area contributed by atoms with Gasteiger partial charge in [0.15, 0.2) is 0 Å². The van der Waals surface area contributed by atoms with Crippen molar-refractivity contribution in [2.24, 2.45) is 0 Å². The third-order valence-electron chi connectivity index (χ3n) is 3.24. The number of hydrogen-bond acceptors (Lipinski definition) is 6. The van der Waals surface area contributed by atoms with E-state index in [2.05, 4.69) is 0 Å². The molecule has 24 heavy (non-hydrogen) atoms. The third kappa shape index (κ3) is 4.12. The first-order valence-electron chi connectivity index (χ1n) is 6.80. The van der Waals surface area contributed by atoms with Crippen molar-refractivity contribution in [1.82, 2.24) is 4.90 Å². The number of aliphatic carboxylic acids is 2. The van der Waals surface area contributed by atoms with Gasteiger partial charge < -0.3 is 15.3 Å². The van der Waals surface area contributed by atoms with Crippen LogP contribution in [0.3, 0.4) is 0 Å². The summed E-state index contributed by atoms with van der Waals surface area (Å²) in [5.41, 5.74) is 0.644. The molecule has 1 atom stereocenters. The molecule has 0 aromatic heterocycles. The molecular weight excluding hydrogens is 354 g/mol. The van der Waals surface area contributed by atoms with Gasteiger partial charge in [0.1, 0.15) is 16.1 Å². The number of amides is 1. The summed E-state index contributed by atoms with van der Waals surface area (Å²) in [5, 5.41) is 27.3. The molecular formula is C15H13NO6S2. The Labute approximate surface area is 146 Å². The first-order valence-corrected chi connectivity index (χ1v) is 8.02. The van der Waals surface area contributed by atoms with Gasteiger partial charge in [0.05, 0.1) is 4.91 Å². The second-order valence-electron chi connectivity index (χ2n) is 4.93. The molecule has 1 aromatic rings. The Kier molecular flexibility index (Phi) is 5.58. The monoisotopic (exact) mass is 367 g/mol. The van der Waals surface area contributed by atoms with Crippen LogP contribution in [0.4, 0.5) is 0 Å². The molecule has 0 unspecified atom stereocenters. The van der Waals surface area contributed by atoms with Crippen LogP contribution in [0.1, 0.15) is 18.4 Å². The number of benzene rings is 1. The van der Waals surface area contributed by atoms with E-state index in [1.54, 1.807) is 12.1 Å². The molecule has 1 amide bonds. The van der Waals surface area contributed by atoms with E-state index in [9.17, 15) is 24.6 Å². The second kappa shape index (κ2) is 7.45. The highest BCUT2D eigenvalue weighted by molar-refractivity contribution is 8.26. The van der Waals surface area contributed by atoms with E-state index in [0.717, 1.165) is 16.7 Å². The largest absolute Gasteiger partial charge is 0.508 e. The van der Waals surface area contributed by atoms with E-state index in [4.69, 9.17) is 17.3 Å². The number of aromatic hydroxyl groups is 1. The molecule has 126 valence electrons. The Morgan fingerprint density at radius 1 is 1.25 bits per heavy atom. The predicted molar refractivity (Wildman–Crippen MR) is 91.4 cm³/mol. The molecule has 1 aliphatic rings. The number of carbonyl (C=O) groups excluding carboxylic acids is 1. The summed E-state index contributed by atoms with van der Waals surface area (Å²) in [6.07, 6.45) is 0.920. The molecule has 1 heterocycles. The molecule has 1 fully saturated rings. The van der Waals surface area contributed by atoms with E-state index < -0.39 is 23.9 Å². The molecule has 0 saturated carbocycles. The molecule has 0 bridgehead atoms. The average Bonchev–Trinajstić information content (AvgIpc) is 2.77. The zero-order valence-corrected chi connectivity index (χ0v) is 13.8. The number of hydrogen-bond donors (Lipinski definition) is 3. The highest BCUT2D eigenvalue weighted by Gasteiger charge is 2.40. The Balaban J connectivity index is 2.24. The molecule has 0 aliphatic carbocycles. The van der Waals surface area contributed by atoms with Crippen LogP contribution in [0.2, 0.25) is 0 Å². The lowest BCUT2D eigenvalue weighted by Gasteiger charge is -2.22. The number of thiocarbonyl (C=S) groups is 1. The van der Waals surface area contributed by atoms with Crippen molar-refractivity contribution in [3.05, 3.63) is 34.7 Å². The van der Waals surface area contributed by atoms with Gasteiger partial charge in [0.2, 0.25) is 0 Å². The highest BCUT2D eigenvalue weighted by atomic mass is 32.2. The van der Waals surface area contributed by atoms with Crippen LogP contribution >= 0.6 is 24.0 Å². The zero-order chi connectivity index (χ0) is 17.9. The molecule has 7 nitrogen and oxygen atoms in total. The fourth-order valence-electron chi connectivity index (χ4n) is 2.09. The number of carboxylic acid groups (broad SMARTS) is 2. The normalized spacial score (nSPS) is 17.3. The molecule has 1 saturated heterocycles. The minimum absolute atomic E-state index is 0.0721. The first-order chi connectivity index (χ1) is 11.3. The molecule has 9 heteroatoms. The molecule has 0 spiro atoms. The number of phenolic OH excluding ortho intramolecular Hbond substituents is 1. The Bertz CT molecular complexity index is 728. The predicted octanol–water partition coefficient (Wildman–Crippen LogP) is 1.91. The van der Waals surface area contributed by atoms with Crippen molar-refractivity contribution in [2.75, 3.05) is 0 Å². The van der Waals surface area contributed by atoms with E-state index in [1.807, 2.05) is 0 Å². The van der Waals surface area contributed by atoms with Crippen LogP contribution in [0.15, 0.2) is 29.2 Å². The number of carbonyl (C=O) groups is 3. The lowest BCUT2D eigenvalue weighted by Crippen LogP contribution is -2.44. The maximum absolute atomic E-state index is 12.5. The number of rotatable bonds is 6. The van der Waals surface area contributed by atoms with Gasteiger partial charge in [0.25, 0.3) is 5.91 Å². The van der Waals surface area contributed by atoms with Crippen molar-refractivity contribution < 1.29 is 29.7 Å². The van der Waals surface area contributed by atoms with Gasteiger partial charge in [0, 0.05) is 6.42 Å². The lowest BCUT2D eigenvalue weighted by molar-refractivity contribution is -0.146. The highest BCUT2D eigenvalue weighted by Crippen LogP contribution is 2.35. The summed E-state index contributed by atoms with van der Waals surface area (Å²) in [4.78, 5) is 35.7. The van der Waals surface area contributed by atoms with E-state index in [0.29, 0.717) is 5.56 Å². The number of nitrogens with zero attached hydrogens (tertiary/aromatic N) is 1. The summed E-state index contributed by atoms with van der Waals surface area (Å²) in [5.74, 6) is -2.94. The summed E-state index contributed by atoms with van der Waals surface area (Å²) < 4.78 is 0.0721. The molecule has 1 aliphatic heterocycles. The van der Waals surface area contributed by atoms with Gasteiger partial charge in [-0.3, -0.25) is 14.5 Å². The topological polar surface area (TPSA) is 115 Å². The Morgan fingerprint density at radius 3 is 2.42 bits per heavy atom. The molecule has 3 N–H and O–H groups in total. The minimum atomic E-state index is -1.32. The maximum Gasteiger partial charge on any atom is 0.326 e. The number of thioether (sulfide) groups is 1. The fraction of sp³-hybridized carbons (Fsp3) is 0.200. The third-order valence-corrected chi connectivity index (χ3v) is 4.57. The summed E-state index contributed by atoms with van der Waals surface area (Å²) >= 11 is 6.04. The second-order valence-corrected chi connectivity index (χ2v) is 6.61. The van der Waals surface area contributed by atoms with Gasteiger partial charge in [-0.05, 0) is 30.2 Å². The molecule has 1 aromatic carbocycles. The van der Waals surface area contributed by atoms with Gasteiger partial charge in [-0.25, -0.2) is 4.79 Å². The Hall–Kier alpha value is -2.39. The van der Waals surface area contributed by atoms with Crippen LogP contribution in [-0.2, 0) is 14.4 Å². The zero-order valence-electron chi connectivity index (χ0n) is 12.2. The van der Waals surface area contributed by atoms with E-state index in [1.165, 1.54) is 18.2 Å². The summed E-state index contributed by atoms with van der Waals surface area (Å²) in [7, 11) is 0. The van der Waals surface area contributed by atoms with Crippen molar-refractivity contribution in [3.8, 4) is 5.75 Å². The summed E-state index contributed by atoms with van der Waals surface area (Å²) in [6, 6.07) is 4.79. The standard InChI is InChI=1S/C15H13NO6S2/c17-9-3-1-8(2-4-9)7-11-13(20)16(15(23)24-11)10(14(21)22)5-6-12(18)19/h1-4,7,10,17H,5-6H2,(H,18,19)(H,21,22)/b11-7-/t10-/m1/s1. The van der Waals surface area contributed by atoms with Crippen molar-refractivity contribution in [1.29, 1.82) is 0 Å². The quantitative estimate of drug-likeness (QED) is 0.516. The SMILES string of the molecule is O=C(O)CC[C@H](C(=O)O)N1C(=O)/C(=C/c2ccc(O)cc2)SC1=S. The molecule has 2 rings (SSSR count). The van der Waals surface area contributed by atoms with Gasteiger partial charge in [-0.15, -0.1) is 0 Å². The van der Waals surface area contributed by atoms with Crippen LogP contribution < -0.4 is 0 Å². The lowest BCUT2D eigenvalue weighted by atomic mass is 10.1. The average molecular weight is 367 g/mol. The van der Waals surface area contributed by atoms with Crippen molar-refractivity contribution in [3.63, 3.8) is 0 Å². The number of phenols is 1. The maximum atomic E-state index is 12.5.